The van der Waals surface area contributed by atoms with Crippen LogP contribution in [0.4, 0.5) is 5.69 Å². The Morgan fingerprint density at radius 1 is 1.40 bits per heavy atom. The van der Waals surface area contributed by atoms with Gasteiger partial charge >= 0.3 is 5.97 Å². The summed E-state index contributed by atoms with van der Waals surface area (Å²) >= 11 is 0. The van der Waals surface area contributed by atoms with E-state index in [4.69, 9.17) is 0 Å². The highest BCUT2D eigenvalue weighted by Crippen LogP contribution is 2.19. The van der Waals surface area contributed by atoms with Crippen LogP contribution in [0.2, 0.25) is 0 Å². The number of esters is 1. The van der Waals surface area contributed by atoms with Crippen molar-refractivity contribution in [1.29, 1.82) is 0 Å². The molecule has 0 aliphatic heterocycles. The zero-order chi connectivity index (χ0) is 11.4. The number of non-ortho nitro benzene ring substituents is 1. The number of nitro benzene ring substituents is 1. The predicted octanol–water partition coefficient (Wildman–Crippen LogP) is 1.87. The summed E-state index contributed by atoms with van der Waals surface area (Å²) in [6.45, 7) is 1.69. The summed E-state index contributed by atoms with van der Waals surface area (Å²) in [6.07, 6.45) is 0. The zero-order valence-electron chi connectivity index (χ0n) is 8.47. The van der Waals surface area contributed by atoms with Crippen molar-refractivity contribution in [2.24, 2.45) is 0 Å². The van der Waals surface area contributed by atoms with Gasteiger partial charge in [-0.1, -0.05) is 12.1 Å². The summed E-state index contributed by atoms with van der Waals surface area (Å²) in [7, 11) is 1.31. The van der Waals surface area contributed by atoms with Gasteiger partial charge in [0.15, 0.2) is 0 Å². The molecule has 0 bridgehead atoms. The highest BCUT2D eigenvalue weighted by atomic mass is 16.6. The number of benzene rings is 1. The van der Waals surface area contributed by atoms with Gasteiger partial charge in [0.25, 0.3) is 5.69 Å². The molecule has 5 nitrogen and oxygen atoms in total. The lowest BCUT2D eigenvalue weighted by Crippen LogP contribution is -2.10. The molecule has 0 aromatic heterocycles. The molecule has 0 saturated carbocycles. The summed E-state index contributed by atoms with van der Waals surface area (Å²) in [5.74, 6) is -0.764. The number of hydrogen-bond donors (Lipinski definition) is 0. The van der Waals surface area contributed by atoms with Crippen molar-refractivity contribution in [2.75, 3.05) is 7.11 Å². The number of nitro groups is 1. The van der Waals surface area contributed by atoms with Gasteiger partial charge in [0.2, 0.25) is 0 Å². The standard InChI is InChI=1S/C10H11NO4/c1-7(10(12)15-2)8-3-5-9(6-4-8)11(13)14/h3-7H,1-2H3/t7-/m0/s1. The van der Waals surface area contributed by atoms with E-state index in [1.54, 1.807) is 19.1 Å². The van der Waals surface area contributed by atoms with Crippen molar-refractivity contribution < 1.29 is 14.5 Å². The van der Waals surface area contributed by atoms with Gasteiger partial charge in [-0.15, -0.1) is 0 Å². The van der Waals surface area contributed by atoms with Crippen LogP contribution < -0.4 is 0 Å². The highest BCUT2D eigenvalue weighted by Gasteiger charge is 2.16. The average Bonchev–Trinajstić information content (AvgIpc) is 2.27. The SMILES string of the molecule is COC(=O)[C@@H](C)c1ccc([N+](=O)[O-])cc1. The minimum atomic E-state index is -0.480. The molecule has 15 heavy (non-hydrogen) atoms. The molecule has 5 heteroatoms. The molecule has 0 amide bonds. The number of methoxy groups -OCH3 is 1. The second-order valence-corrected chi connectivity index (χ2v) is 3.09. The molecule has 1 rings (SSSR count). The van der Waals surface area contributed by atoms with Gasteiger partial charge in [-0.05, 0) is 12.5 Å². The van der Waals surface area contributed by atoms with Crippen LogP contribution in [0.15, 0.2) is 24.3 Å². The minimum Gasteiger partial charge on any atom is -0.469 e. The van der Waals surface area contributed by atoms with Crippen LogP contribution in [0.25, 0.3) is 0 Å². The van der Waals surface area contributed by atoms with Crippen LogP contribution in [0.5, 0.6) is 0 Å². The van der Waals surface area contributed by atoms with E-state index in [2.05, 4.69) is 4.74 Å². The fourth-order valence-corrected chi connectivity index (χ4v) is 1.20. The molecule has 0 heterocycles. The molecule has 1 atom stereocenters. The van der Waals surface area contributed by atoms with Crippen molar-refractivity contribution in [2.45, 2.75) is 12.8 Å². The summed E-state index contributed by atoms with van der Waals surface area (Å²) in [5, 5.41) is 10.4. The van der Waals surface area contributed by atoms with E-state index in [-0.39, 0.29) is 11.7 Å². The van der Waals surface area contributed by atoms with Gasteiger partial charge in [-0.25, -0.2) is 0 Å². The van der Waals surface area contributed by atoms with Crippen LogP contribution >= 0.6 is 0 Å². The van der Waals surface area contributed by atoms with Crippen LogP contribution in [-0.2, 0) is 9.53 Å². The van der Waals surface area contributed by atoms with Gasteiger partial charge in [0, 0.05) is 12.1 Å². The van der Waals surface area contributed by atoms with Crippen LogP contribution in [0.1, 0.15) is 18.4 Å². The van der Waals surface area contributed by atoms with Gasteiger partial charge in [0.05, 0.1) is 18.0 Å². The van der Waals surface area contributed by atoms with Crippen molar-refractivity contribution in [3.63, 3.8) is 0 Å². The summed E-state index contributed by atoms with van der Waals surface area (Å²) < 4.78 is 4.57. The molecule has 0 N–H and O–H groups in total. The lowest BCUT2D eigenvalue weighted by molar-refractivity contribution is -0.384. The number of carbonyl (C=O) groups excluding carboxylic acids is 1. The lowest BCUT2D eigenvalue weighted by atomic mass is 10.0. The number of nitrogens with zero attached hydrogens (tertiary/aromatic N) is 1. The second-order valence-electron chi connectivity index (χ2n) is 3.09. The monoisotopic (exact) mass is 209 g/mol. The largest absolute Gasteiger partial charge is 0.469 e. The van der Waals surface area contributed by atoms with E-state index in [1.807, 2.05) is 0 Å². The second kappa shape index (κ2) is 4.54. The fourth-order valence-electron chi connectivity index (χ4n) is 1.20. The van der Waals surface area contributed by atoms with Crippen molar-refractivity contribution in [3.8, 4) is 0 Å². The van der Waals surface area contributed by atoms with E-state index >= 15 is 0 Å². The smallest absolute Gasteiger partial charge is 0.312 e. The molecule has 1 aromatic carbocycles. The maximum absolute atomic E-state index is 11.2. The zero-order valence-corrected chi connectivity index (χ0v) is 8.47. The van der Waals surface area contributed by atoms with Gasteiger partial charge in [-0.2, -0.15) is 0 Å². The summed E-state index contributed by atoms with van der Waals surface area (Å²) in [4.78, 5) is 21.1. The van der Waals surface area contributed by atoms with Crippen LogP contribution in [-0.4, -0.2) is 18.0 Å². The Balaban J connectivity index is 2.89. The Morgan fingerprint density at radius 3 is 2.33 bits per heavy atom. The molecular formula is C10H11NO4. The first-order valence-corrected chi connectivity index (χ1v) is 4.38. The number of carbonyl (C=O) groups is 1. The third-order valence-electron chi connectivity index (χ3n) is 2.16. The topological polar surface area (TPSA) is 69.4 Å². The van der Waals surface area contributed by atoms with E-state index < -0.39 is 10.8 Å². The maximum Gasteiger partial charge on any atom is 0.312 e. The molecular weight excluding hydrogens is 198 g/mol. The Labute approximate surface area is 86.8 Å². The maximum atomic E-state index is 11.2. The van der Waals surface area contributed by atoms with Crippen molar-refractivity contribution in [3.05, 3.63) is 39.9 Å². The normalized spacial score (nSPS) is 11.9. The third-order valence-corrected chi connectivity index (χ3v) is 2.16. The predicted molar refractivity (Wildman–Crippen MR) is 53.5 cm³/mol. The summed E-state index contributed by atoms with van der Waals surface area (Å²) in [6, 6.07) is 5.85. The van der Waals surface area contributed by atoms with Gasteiger partial charge in [0.1, 0.15) is 0 Å². The van der Waals surface area contributed by atoms with Gasteiger partial charge in [-0.3, -0.25) is 14.9 Å². The molecule has 0 spiro atoms. The van der Waals surface area contributed by atoms with E-state index in [0.717, 1.165) is 0 Å². The number of ether oxygens (including phenoxy) is 1. The first-order chi connectivity index (χ1) is 7.06. The molecule has 0 saturated heterocycles. The molecule has 0 radical (unpaired) electrons. The number of rotatable bonds is 3. The van der Waals surface area contributed by atoms with E-state index in [1.165, 1.54) is 19.2 Å². The quantitative estimate of drug-likeness (QED) is 0.433. The molecule has 0 fully saturated rings. The first-order valence-electron chi connectivity index (χ1n) is 4.38. The molecule has 0 unspecified atom stereocenters. The molecule has 0 aliphatic carbocycles. The van der Waals surface area contributed by atoms with Crippen molar-refractivity contribution >= 4 is 11.7 Å². The van der Waals surface area contributed by atoms with Crippen molar-refractivity contribution in [1.82, 2.24) is 0 Å². The number of hydrogen-bond acceptors (Lipinski definition) is 4. The summed E-state index contributed by atoms with van der Waals surface area (Å²) in [5.41, 5.74) is 0.711. The molecule has 80 valence electrons. The van der Waals surface area contributed by atoms with Gasteiger partial charge < -0.3 is 4.74 Å². The molecule has 1 aromatic rings. The fraction of sp³-hybridized carbons (Fsp3) is 0.300. The average molecular weight is 209 g/mol. The Bertz CT molecular complexity index is 372. The Morgan fingerprint density at radius 2 is 1.93 bits per heavy atom. The lowest BCUT2D eigenvalue weighted by Gasteiger charge is -2.08. The van der Waals surface area contributed by atoms with Crippen LogP contribution in [0, 0.1) is 10.1 Å². The molecule has 0 aliphatic rings. The van der Waals surface area contributed by atoms with E-state index in [0.29, 0.717) is 5.56 Å². The first kappa shape index (κ1) is 11.2. The van der Waals surface area contributed by atoms with Crippen LogP contribution in [0.3, 0.4) is 0 Å². The Kier molecular flexibility index (Phi) is 3.38. The highest BCUT2D eigenvalue weighted by molar-refractivity contribution is 5.77. The minimum absolute atomic E-state index is 0.0100. The Hall–Kier alpha value is -1.91. The van der Waals surface area contributed by atoms with E-state index in [9.17, 15) is 14.9 Å². The third kappa shape index (κ3) is 2.52.